The Balaban J connectivity index is 1.49. The van der Waals surface area contributed by atoms with Crippen LogP contribution in [0.5, 0.6) is 5.75 Å². The molecule has 0 unspecified atom stereocenters. The molecule has 0 fully saturated rings. The normalized spacial score (nSPS) is 12.7. The van der Waals surface area contributed by atoms with Crippen molar-refractivity contribution in [3.63, 3.8) is 0 Å². The van der Waals surface area contributed by atoms with Crippen LogP contribution in [0.25, 0.3) is 6.08 Å². The van der Waals surface area contributed by atoms with Gasteiger partial charge in [-0.25, -0.2) is 9.59 Å². The molecule has 0 saturated heterocycles. The Hall–Kier alpha value is -4.22. The molecule has 1 aromatic heterocycles. The third-order valence-corrected chi connectivity index (χ3v) is 7.14. The summed E-state index contributed by atoms with van der Waals surface area (Å²) in [5.41, 5.74) is 3.27. The Bertz CT molecular complexity index is 1400. The Morgan fingerprint density at radius 1 is 1.03 bits per heavy atom. The lowest BCUT2D eigenvalue weighted by molar-refractivity contribution is -0.112. The molecule has 1 heterocycles. The van der Waals surface area contributed by atoms with Crippen LogP contribution in [0.15, 0.2) is 54.1 Å². The summed E-state index contributed by atoms with van der Waals surface area (Å²) in [4.78, 5) is 39.0. The number of anilines is 1. The second-order valence-corrected chi connectivity index (χ2v) is 9.69. The molecule has 3 aromatic rings. The van der Waals surface area contributed by atoms with Gasteiger partial charge in [-0.1, -0.05) is 29.8 Å². The largest absolute Gasteiger partial charge is 0.462 e. The second-order valence-electron chi connectivity index (χ2n) is 8.58. The number of nitrogens with one attached hydrogen (secondary N) is 1. The molecule has 2 aromatic carbocycles. The second kappa shape index (κ2) is 11.7. The van der Waals surface area contributed by atoms with Gasteiger partial charge in [0, 0.05) is 4.88 Å². The van der Waals surface area contributed by atoms with E-state index in [9.17, 15) is 19.6 Å². The highest BCUT2D eigenvalue weighted by molar-refractivity contribution is 7.17. The molecule has 0 saturated carbocycles. The van der Waals surface area contributed by atoms with Crippen molar-refractivity contribution < 1.29 is 23.9 Å². The number of nitrogens with zero attached hydrogens (tertiary/aromatic N) is 1. The zero-order valence-electron chi connectivity index (χ0n) is 20.6. The molecule has 1 aliphatic carbocycles. The van der Waals surface area contributed by atoms with E-state index in [4.69, 9.17) is 9.47 Å². The van der Waals surface area contributed by atoms with Crippen LogP contribution in [0.3, 0.4) is 0 Å². The average Bonchev–Trinajstić information content (AvgIpc) is 3.26. The topological polar surface area (TPSA) is 105 Å². The molecular weight excluding hydrogens is 488 g/mol. The van der Waals surface area contributed by atoms with Gasteiger partial charge in [0.15, 0.2) is 0 Å². The number of rotatable bonds is 7. The number of aryl methyl sites for hydroxylation is 2. The van der Waals surface area contributed by atoms with E-state index in [1.807, 2.05) is 25.1 Å². The van der Waals surface area contributed by atoms with Crippen LogP contribution in [-0.4, -0.2) is 24.5 Å². The zero-order chi connectivity index (χ0) is 26.4. The van der Waals surface area contributed by atoms with Gasteiger partial charge >= 0.3 is 11.9 Å². The van der Waals surface area contributed by atoms with Crippen LogP contribution in [0.4, 0.5) is 5.00 Å². The smallest absolute Gasteiger partial charge is 0.343 e. The highest BCUT2D eigenvalue weighted by Gasteiger charge is 2.27. The number of thiophene rings is 1. The molecule has 0 radical (unpaired) electrons. The quantitative estimate of drug-likeness (QED) is 0.183. The third-order valence-electron chi connectivity index (χ3n) is 5.93. The van der Waals surface area contributed by atoms with Crippen LogP contribution in [0.1, 0.15) is 62.0 Å². The fraction of sp³-hybridized carbons (Fsp3) is 0.241. The summed E-state index contributed by atoms with van der Waals surface area (Å²) in [5.74, 6) is -1.21. The summed E-state index contributed by atoms with van der Waals surface area (Å²) in [6.07, 6.45) is 5.06. The molecule has 0 spiro atoms. The van der Waals surface area contributed by atoms with Gasteiger partial charge in [-0.3, -0.25) is 4.79 Å². The number of nitriles is 1. The van der Waals surface area contributed by atoms with E-state index in [0.717, 1.165) is 41.7 Å². The standard InChI is InChI=1S/C29H26N2O5S/c1-3-35-29(34)25-23-6-4-5-7-24(23)37-27(25)31-26(32)21(17-30)16-19-10-14-22(15-11-19)36-28(33)20-12-8-18(2)9-13-20/h8-16H,3-7H2,1-2H3,(H,31,32)/b21-16+. The van der Waals surface area contributed by atoms with E-state index in [1.54, 1.807) is 43.3 Å². The van der Waals surface area contributed by atoms with E-state index < -0.39 is 17.8 Å². The third kappa shape index (κ3) is 6.13. The monoisotopic (exact) mass is 514 g/mol. The van der Waals surface area contributed by atoms with Gasteiger partial charge < -0.3 is 14.8 Å². The minimum atomic E-state index is -0.610. The lowest BCUT2D eigenvalue weighted by Gasteiger charge is -2.12. The van der Waals surface area contributed by atoms with E-state index in [1.165, 1.54) is 17.4 Å². The van der Waals surface area contributed by atoms with Gasteiger partial charge in [0.05, 0.1) is 17.7 Å². The zero-order valence-corrected chi connectivity index (χ0v) is 21.4. The summed E-state index contributed by atoms with van der Waals surface area (Å²) < 4.78 is 10.6. The van der Waals surface area contributed by atoms with Gasteiger partial charge in [-0.2, -0.15) is 5.26 Å². The van der Waals surface area contributed by atoms with Gasteiger partial charge in [-0.05, 0) is 81.0 Å². The average molecular weight is 515 g/mol. The summed E-state index contributed by atoms with van der Waals surface area (Å²) in [6, 6.07) is 15.5. The van der Waals surface area contributed by atoms with Gasteiger partial charge in [0.2, 0.25) is 0 Å². The number of hydrogen-bond acceptors (Lipinski definition) is 7. The van der Waals surface area contributed by atoms with Gasteiger partial charge in [0.1, 0.15) is 22.4 Å². The molecule has 8 heteroatoms. The van der Waals surface area contributed by atoms with Crippen LogP contribution in [-0.2, 0) is 22.4 Å². The Morgan fingerprint density at radius 3 is 2.41 bits per heavy atom. The Kier molecular flexibility index (Phi) is 8.16. The first-order valence-corrected chi connectivity index (χ1v) is 12.8. The lowest BCUT2D eigenvalue weighted by atomic mass is 9.95. The highest BCUT2D eigenvalue weighted by atomic mass is 32.1. The van der Waals surface area contributed by atoms with Crippen molar-refractivity contribution in [1.82, 2.24) is 0 Å². The summed E-state index contributed by atoms with van der Waals surface area (Å²) in [6.45, 7) is 3.90. The molecule has 37 heavy (non-hydrogen) atoms. The van der Waals surface area contributed by atoms with E-state index >= 15 is 0 Å². The Morgan fingerprint density at radius 2 is 1.73 bits per heavy atom. The minimum absolute atomic E-state index is 0.120. The van der Waals surface area contributed by atoms with E-state index in [2.05, 4.69) is 5.32 Å². The van der Waals surface area contributed by atoms with Crippen molar-refractivity contribution in [2.45, 2.75) is 39.5 Å². The number of ether oxygens (including phenoxy) is 2. The van der Waals surface area contributed by atoms with Crippen molar-refractivity contribution in [2.75, 3.05) is 11.9 Å². The first kappa shape index (κ1) is 25.9. The van der Waals surface area contributed by atoms with Crippen molar-refractivity contribution in [3.8, 4) is 11.8 Å². The van der Waals surface area contributed by atoms with Crippen molar-refractivity contribution in [2.24, 2.45) is 0 Å². The number of hydrogen-bond donors (Lipinski definition) is 1. The number of carbonyl (C=O) groups is 3. The van der Waals surface area contributed by atoms with Crippen molar-refractivity contribution in [3.05, 3.63) is 86.8 Å². The van der Waals surface area contributed by atoms with Gasteiger partial charge in [-0.15, -0.1) is 11.3 Å². The summed E-state index contributed by atoms with van der Waals surface area (Å²) >= 11 is 1.37. The fourth-order valence-corrected chi connectivity index (χ4v) is 5.32. The number of benzene rings is 2. The first-order valence-electron chi connectivity index (χ1n) is 12.0. The number of carbonyl (C=O) groups excluding carboxylic acids is 3. The van der Waals surface area contributed by atoms with E-state index in [0.29, 0.717) is 27.4 Å². The van der Waals surface area contributed by atoms with E-state index in [-0.39, 0.29) is 12.2 Å². The molecule has 1 aliphatic rings. The maximum Gasteiger partial charge on any atom is 0.343 e. The fourth-order valence-electron chi connectivity index (χ4n) is 4.05. The van der Waals surface area contributed by atoms with Crippen molar-refractivity contribution in [1.29, 1.82) is 5.26 Å². The maximum absolute atomic E-state index is 13.0. The van der Waals surface area contributed by atoms with Gasteiger partial charge in [0.25, 0.3) is 5.91 Å². The molecule has 0 aliphatic heterocycles. The first-order chi connectivity index (χ1) is 17.9. The predicted octanol–water partition coefficient (Wildman–Crippen LogP) is 5.88. The van der Waals surface area contributed by atoms with Crippen LogP contribution >= 0.6 is 11.3 Å². The van der Waals surface area contributed by atoms with Crippen LogP contribution in [0, 0.1) is 18.3 Å². The summed E-state index contributed by atoms with van der Waals surface area (Å²) in [5, 5.41) is 12.8. The molecule has 0 atom stereocenters. The molecule has 0 bridgehead atoms. The molecular formula is C29H26N2O5S. The SMILES string of the molecule is CCOC(=O)c1c(NC(=O)/C(C#N)=C/c2ccc(OC(=O)c3ccc(C)cc3)cc2)sc2c1CCCC2. The van der Waals surface area contributed by atoms with Crippen LogP contribution in [0.2, 0.25) is 0 Å². The molecule has 7 nitrogen and oxygen atoms in total. The molecule has 188 valence electrons. The number of esters is 2. The number of amides is 1. The minimum Gasteiger partial charge on any atom is -0.462 e. The van der Waals surface area contributed by atoms with Crippen molar-refractivity contribution >= 4 is 40.3 Å². The predicted molar refractivity (Wildman–Crippen MR) is 142 cm³/mol. The maximum atomic E-state index is 13.0. The number of fused-ring (bicyclic) bond motifs is 1. The molecule has 1 amide bonds. The lowest BCUT2D eigenvalue weighted by Crippen LogP contribution is -2.16. The Labute approximate surface area is 219 Å². The molecule has 1 N–H and O–H groups in total. The molecule has 4 rings (SSSR count). The highest BCUT2D eigenvalue weighted by Crippen LogP contribution is 2.38. The van der Waals surface area contributed by atoms with Crippen LogP contribution < -0.4 is 10.1 Å². The summed E-state index contributed by atoms with van der Waals surface area (Å²) in [7, 11) is 0.